The van der Waals surface area contributed by atoms with Crippen LogP contribution in [0.3, 0.4) is 0 Å². The van der Waals surface area contributed by atoms with Crippen LogP contribution in [0, 0.1) is 0 Å². The molecule has 3 aromatic rings. The molecule has 0 saturated heterocycles. The molecule has 8 heteroatoms. The Morgan fingerprint density at radius 1 is 1.25 bits per heavy atom. The van der Waals surface area contributed by atoms with Crippen molar-refractivity contribution in [3.63, 3.8) is 0 Å². The SMILES string of the molecule is CC(Nc1ccc(Oc2ncc(Cl)cc2Cl)cc1)C(=O)NCCc1cccs1. The van der Waals surface area contributed by atoms with E-state index in [2.05, 4.69) is 21.7 Å². The number of aromatic nitrogens is 1. The van der Waals surface area contributed by atoms with E-state index in [0.717, 1.165) is 12.1 Å². The molecule has 0 aliphatic carbocycles. The van der Waals surface area contributed by atoms with E-state index in [1.807, 2.05) is 30.5 Å². The van der Waals surface area contributed by atoms with Gasteiger partial charge in [-0.3, -0.25) is 4.79 Å². The Balaban J connectivity index is 1.49. The van der Waals surface area contributed by atoms with Crippen LogP contribution in [-0.4, -0.2) is 23.5 Å². The molecule has 3 rings (SSSR count). The molecular weight excluding hydrogens is 417 g/mol. The maximum Gasteiger partial charge on any atom is 0.242 e. The minimum Gasteiger partial charge on any atom is -0.438 e. The molecule has 1 amide bonds. The molecule has 2 N–H and O–H groups in total. The fourth-order valence-electron chi connectivity index (χ4n) is 2.44. The number of ether oxygens (including phenoxy) is 1. The highest BCUT2D eigenvalue weighted by Gasteiger charge is 2.12. The van der Waals surface area contributed by atoms with Crippen LogP contribution in [0.1, 0.15) is 11.8 Å². The number of amides is 1. The van der Waals surface area contributed by atoms with Gasteiger partial charge in [0, 0.05) is 23.3 Å². The van der Waals surface area contributed by atoms with Crippen molar-refractivity contribution >= 4 is 46.1 Å². The van der Waals surface area contributed by atoms with Crippen LogP contribution >= 0.6 is 34.5 Å². The van der Waals surface area contributed by atoms with E-state index in [-0.39, 0.29) is 17.8 Å². The smallest absolute Gasteiger partial charge is 0.242 e. The van der Waals surface area contributed by atoms with Gasteiger partial charge in [0.1, 0.15) is 16.8 Å². The van der Waals surface area contributed by atoms with Gasteiger partial charge in [-0.15, -0.1) is 11.3 Å². The summed E-state index contributed by atoms with van der Waals surface area (Å²) < 4.78 is 5.65. The summed E-state index contributed by atoms with van der Waals surface area (Å²) in [6.07, 6.45) is 2.31. The van der Waals surface area contributed by atoms with Gasteiger partial charge in [0.15, 0.2) is 0 Å². The van der Waals surface area contributed by atoms with E-state index in [1.165, 1.54) is 11.1 Å². The van der Waals surface area contributed by atoms with E-state index in [4.69, 9.17) is 27.9 Å². The molecule has 1 aromatic carbocycles. The van der Waals surface area contributed by atoms with Crippen molar-refractivity contribution in [3.05, 3.63) is 69.0 Å². The van der Waals surface area contributed by atoms with Gasteiger partial charge in [0.05, 0.1) is 5.02 Å². The Labute approximate surface area is 177 Å². The lowest BCUT2D eigenvalue weighted by molar-refractivity contribution is -0.121. The van der Waals surface area contributed by atoms with Crippen molar-refractivity contribution in [3.8, 4) is 11.6 Å². The van der Waals surface area contributed by atoms with Gasteiger partial charge in [0.2, 0.25) is 11.8 Å². The molecule has 28 heavy (non-hydrogen) atoms. The van der Waals surface area contributed by atoms with Crippen LogP contribution in [0.15, 0.2) is 54.0 Å². The molecule has 0 aliphatic heterocycles. The highest BCUT2D eigenvalue weighted by molar-refractivity contribution is 7.09. The first-order valence-corrected chi connectivity index (χ1v) is 10.3. The molecule has 0 spiro atoms. The van der Waals surface area contributed by atoms with Gasteiger partial charge in [0.25, 0.3) is 0 Å². The Morgan fingerprint density at radius 2 is 2.04 bits per heavy atom. The predicted octanol–water partition coefficient (Wildman–Crippen LogP) is 5.40. The number of carbonyl (C=O) groups is 1. The van der Waals surface area contributed by atoms with Crippen LogP contribution in [0.5, 0.6) is 11.6 Å². The number of thiophene rings is 1. The number of carbonyl (C=O) groups excluding carboxylic acids is 1. The van der Waals surface area contributed by atoms with Gasteiger partial charge in [-0.25, -0.2) is 4.98 Å². The van der Waals surface area contributed by atoms with Gasteiger partial charge in [-0.2, -0.15) is 0 Å². The summed E-state index contributed by atoms with van der Waals surface area (Å²) in [4.78, 5) is 17.5. The van der Waals surface area contributed by atoms with Crippen LogP contribution in [0.25, 0.3) is 0 Å². The van der Waals surface area contributed by atoms with Crippen LogP contribution < -0.4 is 15.4 Å². The Hall–Kier alpha value is -2.28. The molecule has 0 bridgehead atoms. The lowest BCUT2D eigenvalue weighted by Crippen LogP contribution is -2.38. The lowest BCUT2D eigenvalue weighted by atomic mass is 10.2. The normalized spacial score (nSPS) is 11.7. The van der Waals surface area contributed by atoms with Crippen molar-refractivity contribution in [1.82, 2.24) is 10.3 Å². The average Bonchev–Trinajstić information content (AvgIpc) is 3.19. The summed E-state index contributed by atoms with van der Waals surface area (Å²) >= 11 is 13.6. The number of benzene rings is 1. The van der Waals surface area contributed by atoms with E-state index in [9.17, 15) is 4.79 Å². The highest BCUT2D eigenvalue weighted by atomic mass is 35.5. The van der Waals surface area contributed by atoms with E-state index in [1.54, 1.807) is 29.5 Å². The second-order valence-corrected chi connectivity index (χ2v) is 7.93. The lowest BCUT2D eigenvalue weighted by Gasteiger charge is -2.15. The number of rotatable bonds is 8. The molecule has 5 nitrogen and oxygen atoms in total. The highest BCUT2D eigenvalue weighted by Crippen LogP contribution is 2.29. The number of nitrogens with one attached hydrogen (secondary N) is 2. The van der Waals surface area contributed by atoms with Gasteiger partial charge in [-0.1, -0.05) is 29.3 Å². The van der Waals surface area contributed by atoms with Gasteiger partial charge in [-0.05, 0) is 55.1 Å². The van der Waals surface area contributed by atoms with Crippen molar-refractivity contribution in [2.75, 3.05) is 11.9 Å². The molecule has 2 aromatic heterocycles. The second kappa shape index (κ2) is 9.78. The van der Waals surface area contributed by atoms with Crippen molar-refractivity contribution in [2.45, 2.75) is 19.4 Å². The zero-order chi connectivity index (χ0) is 19.9. The van der Waals surface area contributed by atoms with E-state index < -0.39 is 0 Å². The molecule has 0 fully saturated rings. The topological polar surface area (TPSA) is 63.2 Å². The fourth-order valence-corrected chi connectivity index (χ4v) is 3.57. The Morgan fingerprint density at radius 3 is 2.71 bits per heavy atom. The minimum atomic E-state index is -0.359. The molecule has 0 radical (unpaired) electrons. The minimum absolute atomic E-state index is 0.0472. The first-order valence-electron chi connectivity index (χ1n) is 8.67. The van der Waals surface area contributed by atoms with Crippen molar-refractivity contribution < 1.29 is 9.53 Å². The molecule has 0 saturated carbocycles. The average molecular weight is 436 g/mol. The van der Waals surface area contributed by atoms with E-state index in [0.29, 0.717) is 22.3 Å². The maximum absolute atomic E-state index is 12.2. The summed E-state index contributed by atoms with van der Waals surface area (Å²) in [5, 5.41) is 8.93. The third-order valence-corrected chi connectivity index (χ3v) is 5.28. The first-order chi connectivity index (χ1) is 13.5. The second-order valence-electron chi connectivity index (χ2n) is 6.05. The Kier molecular flexibility index (Phi) is 7.14. The first kappa shape index (κ1) is 20.5. The standard InChI is InChI=1S/C20H19Cl2N3O2S/c1-13(19(26)23-9-8-17-3-2-10-28-17)25-15-4-6-16(7-5-15)27-20-18(22)11-14(21)12-24-20/h2-7,10-13,25H,8-9H2,1H3,(H,23,26). The number of nitrogens with zero attached hydrogens (tertiary/aromatic N) is 1. The third-order valence-electron chi connectivity index (χ3n) is 3.87. The van der Waals surface area contributed by atoms with Crippen LogP contribution in [0.4, 0.5) is 5.69 Å². The fraction of sp³-hybridized carbons (Fsp3) is 0.200. The van der Waals surface area contributed by atoms with Crippen molar-refractivity contribution in [2.24, 2.45) is 0 Å². The summed E-state index contributed by atoms with van der Waals surface area (Å²) in [6.45, 7) is 2.44. The van der Waals surface area contributed by atoms with Crippen LogP contribution in [-0.2, 0) is 11.2 Å². The molecule has 2 heterocycles. The van der Waals surface area contributed by atoms with Gasteiger partial charge < -0.3 is 15.4 Å². The van der Waals surface area contributed by atoms with Crippen LogP contribution in [0.2, 0.25) is 10.0 Å². The molecule has 1 unspecified atom stereocenters. The largest absolute Gasteiger partial charge is 0.438 e. The summed E-state index contributed by atoms with van der Waals surface area (Å²) in [5.41, 5.74) is 0.809. The molecule has 146 valence electrons. The zero-order valence-electron chi connectivity index (χ0n) is 15.1. The molecule has 1 atom stereocenters. The number of hydrogen-bond donors (Lipinski definition) is 2. The maximum atomic E-state index is 12.2. The third kappa shape index (κ3) is 5.86. The number of hydrogen-bond acceptors (Lipinski definition) is 5. The number of pyridine rings is 1. The number of halogens is 2. The van der Waals surface area contributed by atoms with Gasteiger partial charge >= 0.3 is 0 Å². The summed E-state index contributed by atoms with van der Waals surface area (Å²) in [5.74, 6) is 0.814. The Bertz CT molecular complexity index is 918. The zero-order valence-corrected chi connectivity index (χ0v) is 17.4. The van der Waals surface area contributed by atoms with E-state index >= 15 is 0 Å². The predicted molar refractivity (Wildman–Crippen MR) is 115 cm³/mol. The summed E-state index contributed by atoms with van der Waals surface area (Å²) in [7, 11) is 0. The molecular formula is C20H19Cl2N3O2S. The van der Waals surface area contributed by atoms with Crippen molar-refractivity contribution in [1.29, 1.82) is 0 Å². The monoisotopic (exact) mass is 435 g/mol. The number of anilines is 1. The summed E-state index contributed by atoms with van der Waals surface area (Å²) in [6, 6.07) is 12.5. The molecule has 0 aliphatic rings. The quantitative estimate of drug-likeness (QED) is 0.496.